The summed E-state index contributed by atoms with van der Waals surface area (Å²) in [6, 6.07) is 3.63. The molecule has 5 N–H and O–H groups in total. The van der Waals surface area contributed by atoms with Gasteiger partial charge < -0.3 is 30.3 Å². The maximum atomic E-state index is 11.4. The highest BCUT2D eigenvalue weighted by molar-refractivity contribution is 5.91. The van der Waals surface area contributed by atoms with Gasteiger partial charge in [-0.15, -0.1) is 0 Å². The molecule has 9 nitrogen and oxygen atoms in total. The lowest BCUT2D eigenvalue weighted by Gasteiger charge is -2.15. The van der Waals surface area contributed by atoms with Crippen molar-refractivity contribution in [1.29, 1.82) is 0 Å². The third kappa shape index (κ3) is 4.49. The molecule has 0 radical (unpaired) electrons. The summed E-state index contributed by atoms with van der Waals surface area (Å²) in [6.45, 7) is 0. The lowest BCUT2D eigenvalue weighted by Crippen LogP contribution is -2.42. The van der Waals surface area contributed by atoms with Crippen molar-refractivity contribution in [3.63, 3.8) is 0 Å². The van der Waals surface area contributed by atoms with E-state index in [2.05, 4.69) is 4.74 Å². The summed E-state index contributed by atoms with van der Waals surface area (Å²) < 4.78 is 4.34. The van der Waals surface area contributed by atoms with Gasteiger partial charge in [0.15, 0.2) is 17.6 Å². The van der Waals surface area contributed by atoms with Gasteiger partial charge in [0.2, 0.25) is 6.10 Å². The second-order valence-electron chi connectivity index (χ2n) is 4.06. The average Bonchev–Trinajstić information content (AvgIpc) is 2.44. The predicted molar refractivity (Wildman–Crippen MR) is 70.0 cm³/mol. The van der Waals surface area contributed by atoms with Gasteiger partial charge in [-0.25, -0.2) is 14.4 Å². The van der Waals surface area contributed by atoms with Crippen LogP contribution in [0.25, 0.3) is 6.08 Å². The number of carbonyl (C=O) groups is 3. The van der Waals surface area contributed by atoms with Crippen LogP contribution in [0.2, 0.25) is 0 Å². The van der Waals surface area contributed by atoms with E-state index in [0.29, 0.717) is 0 Å². The molecule has 1 aromatic rings. The normalized spacial score (nSPS) is 13.5. The molecular weight excluding hydrogens is 300 g/mol. The van der Waals surface area contributed by atoms with Gasteiger partial charge >= 0.3 is 17.9 Å². The van der Waals surface area contributed by atoms with Gasteiger partial charge in [0.1, 0.15) is 0 Å². The lowest BCUT2D eigenvalue weighted by molar-refractivity contribution is -0.176. The van der Waals surface area contributed by atoms with E-state index in [-0.39, 0.29) is 11.3 Å². The fourth-order valence-electron chi connectivity index (χ4n) is 1.35. The van der Waals surface area contributed by atoms with Crippen LogP contribution in [0, 0.1) is 0 Å². The number of hydrogen-bond donors (Lipinski definition) is 5. The first kappa shape index (κ1) is 17.0. The van der Waals surface area contributed by atoms with Crippen molar-refractivity contribution in [2.24, 2.45) is 0 Å². The van der Waals surface area contributed by atoms with Crippen LogP contribution in [0.15, 0.2) is 24.3 Å². The number of aromatic hydroxyl groups is 2. The number of aliphatic hydroxyl groups is 1. The van der Waals surface area contributed by atoms with Gasteiger partial charge in [-0.2, -0.15) is 0 Å². The number of carbonyl (C=O) groups excluding carboxylic acids is 1. The molecule has 0 aromatic heterocycles. The van der Waals surface area contributed by atoms with Gasteiger partial charge in [0.05, 0.1) is 0 Å². The summed E-state index contributed by atoms with van der Waals surface area (Å²) in [6.07, 6.45) is -2.76. The van der Waals surface area contributed by atoms with Crippen LogP contribution in [0.5, 0.6) is 11.5 Å². The minimum absolute atomic E-state index is 0.290. The Kier molecular flexibility index (Phi) is 5.47. The zero-order valence-corrected chi connectivity index (χ0v) is 10.9. The van der Waals surface area contributed by atoms with E-state index in [1.54, 1.807) is 0 Å². The molecule has 9 heteroatoms. The maximum absolute atomic E-state index is 11.4. The number of aliphatic carboxylic acids is 2. The van der Waals surface area contributed by atoms with Crippen molar-refractivity contribution in [3.05, 3.63) is 29.8 Å². The molecule has 0 spiro atoms. The number of aliphatic hydroxyl groups excluding tert-OH is 1. The molecule has 0 heterocycles. The van der Waals surface area contributed by atoms with E-state index in [0.717, 1.165) is 24.3 Å². The van der Waals surface area contributed by atoms with Crippen LogP contribution in [0.3, 0.4) is 0 Å². The molecule has 22 heavy (non-hydrogen) atoms. The fourth-order valence-corrected chi connectivity index (χ4v) is 1.35. The van der Waals surface area contributed by atoms with Crippen molar-refractivity contribution < 1.29 is 44.7 Å². The summed E-state index contributed by atoms with van der Waals surface area (Å²) >= 11 is 0. The molecule has 0 unspecified atom stereocenters. The first-order chi connectivity index (χ1) is 10.2. The molecule has 1 aromatic carbocycles. The van der Waals surface area contributed by atoms with E-state index in [1.165, 1.54) is 6.07 Å². The molecule has 0 bridgehead atoms. The zero-order valence-electron chi connectivity index (χ0n) is 10.9. The second kappa shape index (κ2) is 7.09. The summed E-state index contributed by atoms with van der Waals surface area (Å²) in [5, 5.41) is 44.7. The molecule has 0 saturated carbocycles. The number of ether oxygens (including phenoxy) is 1. The Morgan fingerprint density at radius 3 is 2.18 bits per heavy atom. The number of carboxylic acids is 2. The van der Waals surface area contributed by atoms with Crippen LogP contribution < -0.4 is 0 Å². The van der Waals surface area contributed by atoms with Gasteiger partial charge in [-0.3, -0.25) is 0 Å². The molecule has 0 saturated heterocycles. The topological polar surface area (TPSA) is 162 Å². The number of benzene rings is 1. The standard InChI is InChI=1S/C13H12O9/c14-7-3-1-6(5-8(7)15)2-4-9(16)22-11(13(20)21)10(17)12(18)19/h1-5,10-11,14-15,17H,(H,18,19)(H,20,21)/b4-2+/t10-,11+/m1/s1. The second-order valence-corrected chi connectivity index (χ2v) is 4.06. The number of carboxylic acid groups (broad SMARTS) is 2. The monoisotopic (exact) mass is 312 g/mol. The molecule has 1 rings (SSSR count). The van der Waals surface area contributed by atoms with Gasteiger partial charge in [0, 0.05) is 6.08 Å². The van der Waals surface area contributed by atoms with Crippen molar-refractivity contribution >= 4 is 24.0 Å². The minimum Gasteiger partial charge on any atom is -0.504 e. The average molecular weight is 312 g/mol. The van der Waals surface area contributed by atoms with Crippen molar-refractivity contribution in [1.82, 2.24) is 0 Å². The molecule has 0 aliphatic rings. The summed E-state index contributed by atoms with van der Waals surface area (Å²) in [5.41, 5.74) is 0.290. The van der Waals surface area contributed by atoms with Gasteiger partial charge in [-0.1, -0.05) is 6.07 Å². The molecule has 0 aliphatic heterocycles. The number of esters is 1. The van der Waals surface area contributed by atoms with Crippen LogP contribution >= 0.6 is 0 Å². The van der Waals surface area contributed by atoms with Gasteiger partial charge in [-0.05, 0) is 23.8 Å². The first-order valence-electron chi connectivity index (χ1n) is 5.76. The Morgan fingerprint density at radius 1 is 1.05 bits per heavy atom. The predicted octanol–water partition coefficient (Wildman–Crippen LogP) is -0.447. The number of phenols is 2. The van der Waals surface area contributed by atoms with Crippen LogP contribution in [-0.2, 0) is 19.1 Å². The van der Waals surface area contributed by atoms with Crippen LogP contribution in [0.4, 0.5) is 0 Å². The third-order valence-electron chi connectivity index (χ3n) is 2.44. The Labute approximate surface area is 123 Å². The Bertz CT molecular complexity index is 620. The van der Waals surface area contributed by atoms with Gasteiger partial charge in [0.25, 0.3) is 0 Å². The summed E-state index contributed by atoms with van der Waals surface area (Å²) in [7, 11) is 0. The van der Waals surface area contributed by atoms with Crippen molar-refractivity contribution in [2.45, 2.75) is 12.2 Å². The quantitative estimate of drug-likeness (QED) is 0.266. The van der Waals surface area contributed by atoms with E-state index < -0.39 is 35.9 Å². The largest absolute Gasteiger partial charge is 0.504 e. The Hall–Kier alpha value is -3.07. The maximum Gasteiger partial charge on any atom is 0.348 e. The Morgan fingerprint density at radius 2 is 1.68 bits per heavy atom. The zero-order chi connectivity index (χ0) is 16.9. The fraction of sp³-hybridized carbons (Fsp3) is 0.154. The molecular formula is C13H12O9. The minimum atomic E-state index is -2.41. The summed E-state index contributed by atoms with van der Waals surface area (Å²) in [5.74, 6) is -5.68. The molecule has 0 amide bonds. The molecule has 118 valence electrons. The number of phenolic OH excluding ortho intramolecular Hbond substituents is 2. The SMILES string of the molecule is O=C(/C=C/c1ccc(O)c(O)c1)O[C@H](C(=O)O)[C@@H](O)C(=O)O. The van der Waals surface area contributed by atoms with Crippen molar-refractivity contribution in [3.8, 4) is 11.5 Å². The summed E-state index contributed by atoms with van der Waals surface area (Å²) in [4.78, 5) is 32.7. The van der Waals surface area contributed by atoms with Crippen molar-refractivity contribution in [2.75, 3.05) is 0 Å². The Balaban J connectivity index is 2.78. The number of hydrogen-bond acceptors (Lipinski definition) is 7. The molecule has 0 fully saturated rings. The van der Waals surface area contributed by atoms with Crippen LogP contribution in [-0.4, -0.2) is 55.6 Å². The van der Waals surface area contributed by atoms with Crippen LogP contribution in [0.1, 0.15) is 5.56 Å². The lowest BCUT2D eigenvalue weighted by atomic mass is 10.2. The highest BCUT2D eigenvalue weighted by Gasteiger charge is 2.35. The smallest absolute Gasteiger partial charge is 0.348 e. The first-order valence-corrected chi connectivity index (χ1v) is 5.76. The molecule has 0 aliphatic carbocycles. The van der Waals surface area contributed by atoms with E-state index >= 15 is 0 Å². The highest BCUT2D eigenvalue weighted by Crippen LogP contribution is 2.25. The third-order valence-corrected chi connectivity index (χ3v) is 2.44. The van der Waals surface area contributed by atoms with E-state index in [4.69, 9.17) is 20.4 Å². The highest BCUT2D eigenvalue weighted by atomic mass is 16.6. The number of rotatable bonds is 6. The molecule has 2 atom stereocenters. The van der Waals surface area contributed by atoms with E-state index in [1.807, 2.05) is 0 Å². The van der Waals surface area contributed by atoms with E-state index in [9.17, 15) is 19.5 Å².